The maximum Gasteiger partial charge on any atom is 0.151 e. The first kappa shape index (κ1) is 19.9. The Balaban J connectivity index is 1.53. The second kappa shape index (κ2) is 8.91. The van der Waals surface area contributed by atoms with Crippen LogP contribution in [-0.4, -0.2) is 52.1 Å². The van der Waals surface area contributed by atoms with Crippen LogP contribution in [0.5, 0.6) is 0 Å². The van der Waals surface area contributed by atoms with Gasteiger partial charge in [-0.3, -0.25) is 0 Å². The monoisotopic (exact) mass is 378 g/mol. The summed E-state index contributed by atoms with van der Waals surface area (Å²) in [7, 11) is 0. The Morgan fingerprint density at radius 3 is 2.67 bits per heavy atom. The number of piperidine rings is 1. The summed E-state index contributed by atoms with van der Waals surface area (Å²) in [5, 5.41) is 17.4. The normalized spacial score (nSPS) is 16.2. The predicted octanol–water partition coefficient (Wildman–Crippen LogP) is 2.70. The maximum absolute atomic E-state index is 14.1. The van der Waals surface area contributed by atoms with Crippen LogP contribution in [0.4, 0.5) is 8.78 Å². The summed E-state index contributed by atoms with van der Waals surface area (Å²) in [5.74, 6) is -1.21. The van der Waals surface area contributed by atoms with Crippen molar-refractivity contribution in [3.63, 3.8) is 0 Å². The van der Waals surface area contributed by atoms with Crippen LogP contribution in [0.2, 0.25) is 0 Å². The zero-order valence-electron chi connectivity index (χ0n) is 16.0. The van der Waals surface area contributed by atoms with Crippen LogP contribution in [0.15, 0.2) is 18.2 Å². The summed E-state index contributed by atoms with van der Waals surface area (Å²) in [5.41, 5.74) is 3.00. The molecule has 1 fully saturated rings. The molecular weight excluding hydrogens is 350 g/mol. The summed E-state index contributed by atoms with van der Waals surface area (Å²) in [6.07, 6.45) is 2.64. The number of likely N-dealkylation sites (tertiary alicyclic amines) is 1. The number of benzene rings is 1. The molecule has 1 aromatic carbocycles. The van der Waals surface area contributed by atoms with Gasteiger partial charge in [0.2, 0.25) is 0 Å². The number of aliphatic hydroxyl groups excluding tert-OH is 1. The van der Waals surface area contributed by atoms with Crippen LogP contribution in [0, 0.1) is 25.5 Å². The van der Waals surface area contributed by atoms with E-state index in [9.17, 15) is 13.9 Å². The Kier molecular flexibility index (Phi) is 6.57. The van der Waals surface area contributed by atoms with Gasteiger partial charge in [-0.15, -0.1) is 0 Å². The minimum absolute atomic E-state index is 0.132. The summed E-state index contributed by atoms with van der Waals surface area (Å²) >= 11 is 0. The molecule has 0 saturated carbocycles. The molecule has 0 aliphatic carbocycles. The molecule has 1 aliphatic rings. The number of aliphatic hydroxyl groups is 1. The number of hydrogen-bond donors (Lipinski definition) is 2. The van der Waals surface area contributed by atoms with Gasteiger partial charge in [0.15, 0.2) is 5.82 Å². The van der Waals surface area contributed by atoms with Gasteiger partial charge in [0.25, 0.3) is 0 Å². The molecule has 27 heavy (non-hydrogen) atoms. The van der Waals surface area contributed by atoms with Gasteiger partial charge >= 0.3 is 0 Å². The fraction of sp³-hybridized carbons (Fsp3) is 0.550. The van der Waals surface area contributed by atoms with E-state index in [2.05, 4.69) is 15.3 Å². The Labute approximate surface area is 159 Å². The molecule has 1 saturated heterocycles. The molecule has 0 radical (unpaired) electrons. The highest BCUT2D eigenvalue weighted by Gasteiger charge is 2.17. The van der Waals surface area contributed by atoms with Gasteiger partial charge in [-0.25, -0.2) is 13.5 Å². The molecule has 3 rings (SSSR count). The van der Waals surface area contributed by atoms with Crippen molar-refractivity contribution in [2.45, 2.75) is 45.8 Å². The van der Waals surface area contributed by atoms with Crippen molar-refractivity contribution < 1.29 is 13.9 Å². The highest BCUT2D eigenvalue weighted by molar-refractivity contribution is 5.38. The lowest BCUT2D eigenvalue weighted by Crippen LogP contribution is -2.37. The van der Waals surface area contributed by atoms with Crippen molar-refractivity contribution in [1.82, 2.24) is 20.0 Å². The van der Waals surface area contributed by atoms with E-state index in [-0.39, 0.29) is 11.8 Å². The van der Waals surface area contributed by atoms with E-state index in [1.807, 2.05) is 13.8 Å². The highest BCUT2D eigenvalue weighted by Crippen LogP contribution is 2.20. The number of aromatic nitrogens is 2. The second-order valence-corrected chi connectivity index (χ2v) is 7.26. The first-order valence-electron chi connectivity index (χ1n) is 9.57. The third kappa shape index (κ3) is 4.91. The lowest BCUT2D eigenvalue weighted by atomic mass is 10.1. The molecule has 0 atom stereocenters. The third-order valence-corrected chi connectivity index (χ3v) is 5.27. The fourth-order valence-electron chi connectivity index (χ4n) is 3.60. The number of halogens is 2. The molecule has 148 valence electrons. The van der Waals surface area contributed by atoms with E-state index in [0.717, 1.165) is 68.5 Å². The van der Waals surface area contributed by atoms with Crippen molar-refractivity contribution in [1.29, 1.82) is 0 Å². The molecule has 2 N–H and O–H groups in total. The molecular formula is C20H28F2N4O. The Morgan fingerprint density at radius 1 is 1.22 bits per heavy atom. The molecule has 0 spiro atoms. The van der Waals surface area contributed by atoms with Crippen LogP contribution in [0.3, 0.4) is 0 Å². The minimum atomic E-state index is -0.619. The summed E-state index contributed by atoms with van der Waals surface area (Å²) in [6, 6.07) is 3.53. The van der Waals surface area contributed by atoms with Crippen molar-refractivity contribution >= 4 is 0 Å². The van der Waals surface area contributed by atoms with Gasteiger partial charge in [-0.2, -0.15) is 5.10 Å². The van der Waals surface area contributed by atoms with Gasteiger partial charge in [-0.05, 0) is 58.3 Å². The molecule has 0 amide bonds. The lowest BCUT2D eigenvalue weighted by Gasteiger charge is -2.29. The topological polar surface area (TPSA) is 53.3 Å². The molecule has 7 heteroatoms. The van der Waals surface area contributed by atoms with Crippen molar-refractivity contribution in [3.8, 4) is 5.69 Å². The molecule has 0 bridgehead atoms. The van der Waals surface area contributed by atoms with E-state index in [0.29, 0.717) is 6.54 Å². The molecule has 2 heterocycles. The standard InChI is InChI=1S/C20H28F2N4O/c1-14-18(13-23-8-3-9-25-10-6-17(27)7-11-25)15(2)26(24-14)20-5-4-16(21)12-19(20)22/h4-5,12,17,23,27H,3,6-11,13H2,1-2H3. The van der Waals surface area contributed by atoms with E-state index < -0.39 is 11.6 Å². The summed E-state index contributed by atoms with van der Waals surface area (Å²) < 4.78 is 28.8. The number of hydrogen-bond acceptors (Lipinski definition) is 4. The first-order chi connectivity index (χ1) is 13.0. The van der Waals surface area contributed by atoms with E-state index in [1.165, 1.54) is 12.1 Å². The van der Waals surface area contributed by atoms with Crippen molar-refractivity contribution in [3.05, 3.63) is 46.8 Å². The zero-order valence-corrected chi connectivity index (χ0v) is 16.0. The van der Waals surface area contributed by atoms with Gasteiger partial charge in [0.05, 0.1) is 11.8 Å². The first-order valence-corrected chi connectivity index (χ1v) is 9.57. The van der Waals surface area contributed by atoms with Gasteiger partial charge in [0.1, 0.15) is 11.5 Å². The van der Waals surface area contributed by atoms with Crippen LogP contribution in [0.25, 0.3) is 5.69 Å². The number of nitrogens with one attached hydrogen (secondary N) is 1. The smallest absolute Gasteiger partial charge is 0.151 e. The highest BCUT2D eigenvalue weighted by atomic mass is 19.1. The lowest BCUT2D eigenvalue weighted by molar-refractivity contribution is 0.0821. The van der Waals surface area contributed by atoms with Crippen LogP contribution < -0.4 is 5.32 Å². The fourth-order valence-corrected chi connectivity index (χ4v) is 3.60. The zero-order chi connectivity index (χ0) is 19.4. The van der Waals surface area contributed by atoms with Crippen LogP contribution in [0.1, 0.15) is 36.2 Å². The van der Waals surface area contributed by atoms with E-state index in [1.54, 1.807) is 4.68 Å². The number of nitrogens with zero attached hydrogens (tertiary/aromatic N) is 3. The molecule has 1 aliphatic heterocycles. The Morgan fingerprint density at radius 2 is 1.96 bits per heavy atom. The predicted molar refractivity (Wildman–Crippen MR) is 101 cm³/mol. The van der Waals surface area contributed by atoms with E-state index in [4.69, 9.17) is 0 Å². The van der Waals surface area contributed by atoms with Gasteiger partial charge in [0, 0.05) is 37.0 Å². The number of rotatable bonds is 7. The maximum atomic E-state index is 14.1. The van der Waals surface area contributed by atoms with E-state index >= 15 is 0 Å². The second-order valence-electron chi connectivity index (χ2n) is 7.26. The third-order valence-electron chi connectivity index (χ3n) is 5.27. The average molecular weight is 378 g/mol. The molecule has 1 aromatic heterocycles. The summed E-state index contributed by atoms with van der Waals surface area (Å²) in [4.78, 5) is 2.39. The molecule has 5 nitrogen and oxygen atoms in total. The van der Waals surface area contributed by atoms with Crippen LogP contribution in [-0.2, 0) is 6.54 Å². The van der Waals surface area contributed by atoms with Gasteiger partial charge < -0.3 is 15.3 Å². The minimum Gasteiger partial charge on any atom is -0.393 e. The largest absolute Gasteiger partial charge is 0.393 e. The number of aryl methyl sites for hydroxylation is 1. The SMILES string of the molecule is Cc1nn(-c2ccc(F)cc2F)c(C)c1CNCCCN1CCC(O)CC1. The Bertz CT molecular complexity index is 770. The average Bonchev–Trinajstić information content (AvgIpc) is 2.91. The van der Waals surface area contributed by atoms with Crippen LogP contribution >= 0.6 is 0 Å². The quantitative estimate of drug-likeness (QED) is 0.728. The van der Waals surface area contributed by atoms with Crippen molar-refractivity contribution in [2.75, 3.05) is 26.2 Å². The van der Waals surface area contributed by atoms with Gasteiger partial charge in [-0.1, -0.05) is 0 Å². The van der Waals surface area contributed by atoms with Crippen molar-refractivity contribution in [2.24, 2.45) is 0 Å². The molecule has 2 aromatic rings. The Hall–Kier alpha value is -1.83. The molecule has 0 unspecified atom stereocenters. The summed E-state index contributed by atoms with van der Waals surface area (Å²) in [6.45, 7) is 8.32.